The lowest BCUT2D eigenvalue weighted by molar-refractivity contribution is 0.152. The molecule has 0 radical (unpaired) electrons. The van der Waals surface area contributed by atoms with Crippen LogP contribution in [0.15, 0.2) is 24.3 Å². The SMILES string of the molecule is CCCCC(c1nnnn1CCOC)N1CCN(c2ccc(F)cc2)CC1.Cl. The van der Waals surface area contributed by atoms with Gasteiger partial charge in [0.1, 0.15) is 5.82 Å². The molecule has 2 aromatic rings. The van der Waals surface area contributed by atoms with Crippen LogP contribution in [0.5, 0.6) is 0 Å². The number of rotatable bonds is 9. The van der Waals surface area contributed by atoms with E-state index in [1.807, 2.05) is 16.8 Å². The van der Waals surface area contributed by atoms with Gasteiger partial charge in [-0.3, -0.25) is 4.90 Å². The molecule has 1 aliphatic heterocycles. The van der Waals surface area contributed by atoms with E-state index in [9.17, 15) is 4.39 Å². The van der Waals surface area contributed by atoms with Crippen molar-refractivity contribution in [2.24, 2.45) is 0 Å². The number of tetrazole rings is 1. The van der Waals surface area contributed by atoms with Crippen molar-refractivity contribution in [3.05, 3.63) is 35.9 Å². The van der Waals surface area contributed by atoms with Gasteiger partial charge in [-0.05, 0) is 41.1 Å². The highest BCUT2D eigenvalue weighted by Crippen LogP contribution is 2.27. The molecule has 0 aliphatic carbocycles. The summed E-state index contributed by atoms with van der Waals surface area (Å²) in [6.07, 6.45) is 3.33. The van der Waals surface area contributed by atoms with E-state index in [0.717, 1.165) is 57.0 Å². The lowest BCUT2D eigenvalue weighted by atomic mass is 10.1. The van der Waals surface area contributed by atoms with Crippen LogP contribution in [-0.2, 0) is 11.3 Å². The second kappa shape index (κ2) is 11.3. The number of piperazine rings is 1. The minimum Gasteiger partial charge on any atom is -0.383 e. The molecule has 1 aromatic heterocycles. The van der Waals surface area contributed by atoms with E-state index in [1.165, 1.54) is 12.1 Å². The van der Waals surface area contributed by atoms with Crippen molar-refractivity contribution in [1.82, 2.24) is 25.1 Å². The molecule has 9 heteroatoms. The second-order valence-electron chi connectivity index (χ2n) is 6.91. The molecule has 1 aliphatic rings. The number of aromatic nitrogens is 4. The summed E-state index contributed by atoms with van der Waals surface area (Å²) < 4.78 is 20.2. The van der Waals surface area contributed by atoms with Crippen molar-refractivity contribution >= 4 is 18.1 Å². The number of hydrogen-bond donors (Lipinski definition) is 0. The number of anilines is 1. The fourth-order valence-electron chi connectivity index (χ4n) is 3.60. The molecule has 1 saturated heterocycles. The number of nitrogens with zero attached hydrogens (tertiary/aromatic N) is 6. The minimum atomic E-state index is -0.195. The summed E-state index contributed by atoms with van der Waals surface area (Å²) >= 11 is 0. The van der Waals surface area contributed by atoms with Gasteiger partial charge < -0.3 is 9.64 Å². The normalized spacial score (nSPS) is 16.0. The van der Waals surface area contributed by atoms with Crippen molar-refractivity contribution in [3.8, 4) is 0 Å². The maximum Gasteiger partial charge on any atom is 0.168 e. The van der Waals surface area contributed by atoms with Crippen LogP contribution in [0.3, 0.4) is 0 Å². The van der Waals surface area contributed by atoms with E-state index in [2.05, 4.69) is 32.2 Å². The maximum absolute atomic E-state index is 13.2. The van der Waals surface area contributed by atoms with E-state index in [-0.39, 0.29) is 24.3 Å². The Labute approximate surface area is 172 Å². The third-order valence-electron chi connectivity index (χ3n) is 5.14. The molecule has 0 saturated carbocycles. The molecule has 7 nitrogen and oxygen atoms in total. The Hall–Kier alpha value is -1.77. The molecule has 156 valence electrons. The Morgan fingerprint density at radius 1 is 1.14 bits per heavy atom. The van der Waals surface area contributed by atoms with Crippen LogP contribution >= 0.6 is 12.4 Å². The number of halogens is 2. The lowest BCUT2D eigenvalue weighted by Crippen LogP contribution is -2.48. The molecule has 0 bridgehead atoms. The maximum atomic E-state index is 13.2. The number of hydrogen-bond acceptors (Lipinski definition) is 6. The monoisotopic (exact) mass is 412 g/mol. The van der Waals surface area contributed by atoms with Crippen LogP contribution in [0, 0.1) is 5.82 Å². The largest absolute Gasteiger partial charge is 0.383 e. The van der Waals surface area contributed by atoms with Crippen molar-refractivity contribution in [2.45, 2.75) is 38.8 Å². The molecular weight excluding hydrogens is 383 g/mol. The molecule has 2 heterocycles. The summed E-state index contributed by atoms with van der Waals surface area (Å²) in [5, 5.41) is 12.4. The first kappa shape index (κ1) is 22.5. The van der Waals surface area contributed by atoms with E-state index >= 15 is 0 Å². The average Bonchev–Trinajstić information content (AvgIpc) is 3.16. The summed E-state index contributed by atoms with van der Waals surface area (Å²) in [6.45, 7) is 7.15. The van der Waals surface area contributed by atoms with Gasteiger partial charge in [-0.1, -0.05) is 19.8 Å². The second-order valence-corrected chi connectivity index (χ2v) is 6.91. The first-order valence-corrected chi connectivity index (χ1v) is 9.72. The summed E-state index contributed by atoms with van der Waals surface area (Å²) in [5.74, 6) is 0.732. The van der Waals surface area contributed by atoms with Gasteiger partial charge in [-0.15, -0.1) is 17.5 Å². The fourth-order valence-corrected chi connectivity index (χ4v) is 3.60. The van der Waals surface area contributed by atoms with Crippen molar-refractivity contribution in [1.29, 1.82) is 0 Å². The lowest BCUT2D eigenvalue weighted by Gasteiger charge is -2.39. The van der Waals surface area contributed by atoms with E-state index < -0.39 is 0 Å². The minimum absolute atomic E-state index is 0. The molecule has 1 unspecified atom stereocenters. The van der Waals surface area contributed by atoms with Gasteiger partial charge >= 0.3 is 0 Å². The van der Waals surface area contributed by atoms with Crippen LogP contribution in [0.2, 0.25) is 0 Å². The van der Waals surface area contributed by atoms with Crippen LogP contribution in [0.1, 0.15) is 38.1 Å². The Morgan fingerprint density at radius 3 is 2.50 bits per heavy atom. The van der Waals surface area contributed by atoms with Gasteiger partial charge in [0.25, 0.3) is 0 Å². The smallest absolute Gasteiger partial charge is 0.168 e. The van der Waals surface area contributed by atoms with Crippen molar-refractivity contribution < 1.29 is 9.13 Å². The van der Waals surface area contributed by atoms with Crippen LogP contribution in [-0.4, -0.2) is 65.0 Å². The Kier molecular flexibility index (Phi) is 9.08. The highest BCUT2D eigenvalue weighted by Gasteiger charge is 2.28. The van der Waals surface area contributed by atoms with Crippen molar-refractivity contribution in [2.75, 3.05) is 44.8 Å². The highest BCUT2D eigenvalue weighted by molar-refractivity contribution is 5.85. The Balaban J connectivity index is 0.00000280. The molecule has 1 atom stereocenters. The van der Waals surface area contributed by atoms with Crippen LogP contribution in [0.4, 0.5) is 10.1 Å². The summed E-state index contributed by atoms with van der Waals surface area (Å²) in [7, 11) is 1.69. The zero-order chi connectivity index (χ0) is 19.1. The summed E-state index contributed by atoms with van der Waals surface area (Å²) in [4.78, 5) is 4.78. The predicted molar refractivity (Wildman–Crippen MR) is 109 cm³/mol. The number of methoxy groups -OCH3 is 1. The topological polar surface area (TPSA) is 59.3 Å². The van der Waals surface area contributed by atoms with E-state index in [0.29, 0.717) is 13.2 Å². The third-order valence-corrected chi connectivity index (χ3v) is 5.14. The van der Waals surface area contributed by atoms with Gasteiger partial charge in [-0.2, -0.15) is 0 Å². The molecular formula is C19H30ClFN6O. The molecule has 3 rings (SSSR count). The zero-order valence-electron chi connectivity index (χ0n) is 16.6. The Morgan fingerprint density at radius 2 is 1.86 bits per heavy atom. The first-order chi connectivity index (χ1) is 13.2. The first-order valence-electron chi connectivity index (χ1n) is 9.72. The fraction of sp³-hybridized carbons (Fsp3) is 0.632. The van der Waals surface area contributed by atoms with Crippen LogP contribution in [0.25, 0.3) is 0 Å². The third kappa shape index (κ3) is 5.62. The van der Waals surface area contributed by atoms with Crippen LogP contribution < -0.4 is 4.90 Å². The zero-order valence-corrected chi connectivity index (χ0v) is 17.4. The highest BCUT2D eigenvalue weighted by atomic mass is 35.5. The molecule has 0 N–H and O–H groups in total. The van der Waals surface area contributed by atoms with E-state index in [4.69, 9.17) is 4.74 Å². The quantitative estimate of drug-likeness (QED) is 0.631. The molecule has 0 spiro atoms. The summed E-state index contributed by atoms with van der Waals surface area (Å²) in [5.41, 5.74) is 1.08. The molecule has 0 amide bonds. The predicted octanol–water partition coefficient (Wildman–Crippen LogP) is 2.93. The average molecular weight is 413 g/mol. The number of benzene rings is 1. The molecule has 28 heavy (non-hydrogen) atoms. The molecule has 1 aromatic carbocycles. The number of ether oxygens (including phenoxy) is 1. The Bertz CT molecular complexity index is 690. The van der Waals surface area contributed by atoms with Crippen molar-refractivity contribution in [3.63, 3.8) is 0 Å². The summed E-state index contributed by atoms with van der Waals surface area (Å²) in [6, 6.07) is 6.97. The van der Waals surface area contributed by atoms with Gasteiger partial charge in [0.2, 0.25) is 0 Å². The van der Waals surface area contributed by atoms with Gasteiger partial charge in [-0.25, -0.2) is 9.07 Å². The van der Waals surface area contributed by atoms with Gasteiger partial charge in [0, 0.05) is 39.0 Å². The van der Waals surface area contributed by atoms with E-state index in [1.54, 1.807) is 7.11 Å². The van der Waals surface area contributed by atoms with Gasteiger partial charge in [0.15, 0.2) is 5.82 Å². The standard InChI is InChI=1S/C19H29FN6O.ClH/c1-3-4-5-18(19-21-22-23-26(19)14-15-27-2)25-12-10-24(11-13-25)17-8-6-16(20)7-9-17;/h6-9,18H,3-5,10-15H2,1-2H3;1H. The van der Waals surface area contributed by atoms with Gasteiger partial charge in [0.05, 0.1) is 19.2 Å². The number of unbranched alkanes of at least 4 members (excludes halogenated alkanes) is 1. The molecule has 1 fully saturated rings.